The van der Waals surface area contributed by atoms with Crippen LogP contribution in [0.5, 0.6) is 0 Å². The Bertz CT molecular complexity index is 447. The van der Waals surface area contributed by atoms with E-state index in [2.05, 4.69) is 0 Å². The summed E-state index contributed by atoms with van der Waals surface area (Å²) in [6.45, 7) is 2.02. The van der Waals surface area contributed by atoms with Gasteiger partial charge in [-0.3, -0.25) is 9.59 Å². The molecule has 1 atom stereocenters. The highest BCUT2D eigenvalue weighted by molar-refractivity contribution is 6.05. The summed E-state index contributed by atoms with van der Waals surface area (Å²) in [4.78, 5) is 24.4. The number of hydrogen-bond donors (Lipinski definition) is 2. The maximum atomic E-state index is 12.2. The maximum Gasteiger partial charge on any atom is 0.330 e. The molecule has 1 unspecified atom stereocenters. The van der Waals surface area contributed by atoms with E-state index in [1.165, 1.54) is 6.08 Å². The Morgan fingerprint density at radius 1 is 1.24 bits per heavy atom. The summed E-state index contributed by atoms with van der Waals surface area (Å²) in [7, 11) is 2.28. The lowest BCUT2D eigenvalue weighted by Gasteiger charge is -2.35. The molecule has 0 heterocycles. The van der Waals surface area contributed by atoms with Crippen LogP contribution in [0, 0.1) is 5.41 Å². The zero-order valence-corrected chi connectivity index (χ0v) is 12.6. The van der Waals surface area contributed by atoms with Crippen molar-refractivity contribution in [2.24, 2.45) is 5.41 Å². The van der Waals surface area contributed by atoms with Crippen LogP contribution in [0.2, 0.25) is 0 Å². The lowest BCUT2D eigenvalue weighted by atomic mass is 9.70. The van der Waals surface area contributed by atoms with Crippen molar-refractivity contribution in [3.05, 3.63) is 23.5 Å². The average molecular weight is 298 g/mol. The highest BCUT2D eigenvalue weighted by Crippen LogP contribution is 2.41. The van der Waals surface area contributed by atoms with Gasteiger partial charge >= 0.3 is 11.9 Å². The molecule has 0 bridgehead atoms. The molecule has 0 amide bonds. The zero-order valence-electron chi connectivity index (χ0n) is 12.6. The third-order valence-electron chi connectivity index (χ3n) is 3.67. The number of rotatable bonds is 6. The fourth-order valence-electron chi connectivity index (χ4n) is 2.56. The Morgan fingerprint density at radius 3 is 2.29 bits per heavy atom. The third kappa shape index (κ3) is 3.10. The van der Waals surface area contributed by atoms with Crippen LogP contribution in [0.15, 0.2) is 23.5 Å². The highest BCUT2D eigenvalue weighted by Gasteiger charge is 2.57. The van der Waals surface area contributed by atoms with Crippen molar-refractivity contribution >= 4 is 11.9 Å². The molecule has 2 N–H and O–H groups in total. The number of esters is 2. The Hall–Kier alpha value is -1.82. The summed E-state index contributed by atoms with van der Waals surface area (Å²) in [6.07, 6.45) is 3.80. The van der Waals surface area contributed by atoms with E-state index in [1.807, 2.05) is 6.92 Å². The molecule has 6 nitrogen and oxygen atoms in total. The molecule has 0 fully saturated rings. The van der Waals surface area contributed by atoms with Crippen LogP contribution in [0.1, 0.15) is 32.6 Å². The predicted octanol–water partition coefficient (Wildman–Crippen LogP) is 1.64. The van der Waals surface area contributed by atoms with Gasteiger partial charge in [-0.15, -0.1) is 0 Å². The predicted molar refractivity (Wildman–Crippen MR) is 75.4 cm³/mol. The Balaban J connectivity index is 3.30. The first-order valence-corrected chi connectivity index (χ1v) is 6.91. The fraction of sp³-hybridized carbons (Fsp3) is 0.600. The molecule has 1 rings (SSSR count). The van der Waals surface area contributed by atoms with Gasteiger partial charge in [-0.1, -0.05) is 19.8 Å². The molecule has 21 heavy (non-hydrogen) atoms. The van der Waals surface area contributed by atoms with Gasteiger partial charge in [0.1, 0.15) is 11.9 Å². The largest absolute Gasteiger partial charge is 0.508 e. The van der Waals surface area contributed by atoms with Crippen LogP contribution in [0.25, 0.3) is 0 Å². The van der Waals surface area contributed by atoms with Gasteiger partial charge in [0.25, 0.3) is 0 Å². The first kappa shape index (κ1) is 17.2. The molecular formula is C15H22O6. The molecule has 0 aromatic rings. The van der Waals surface area contributed by atoms with Gasteiger partial charge in [-0.05, 0) is 30.6 Å². The standard InChI is InChI=1S/C15H22O6/c1-4-5-6-7-10-8-11(16)9-12(17)15(10,13(18)20-2)14(19)21-3/h8-9,12,16-17H,4-7H2,1-3H3. The molecule has 6 heteroatoms. The van der Waals surface area contributed by atoms with Gasteiger partial charge in [0, 0.05) is 0 Å². The molecular weight excluding hydrogens is 276 g/mol. The number of ether oxygens (including phenoxy) is 2. The first-order chi connectivity index (χ1) is 9.94. The van der Waals surface area contributed by atoms with Crippen LogP contribution in [-0.2, 0) is 19.1 Å². The van der Waals surface area contributed by atoms with E-state index >= 15 is 0 Å². The second kappa shape index (κ2) is 7.26. The van der Waals surface area contributed by atoms with E-state index in [0.717, 1.165) is 39.6 Å². The van der Waals surface area contributed by atoms with Gasteiger partial charge in [-0.2, -0.15) is 0 Å². The number of allylic oxidation sites excluding steroid dienone is 1. The first-order valence-electron chi connectivity index (χ1n) is 6.91. The van der Waals surface area contributed by atoms with E-state index in [0.29, 0.717) is 12.0 Å². The summed E-state index contributed by atoms with van der Waals surface area (Å²) in [6, 6.07) is 0. The van der Waals surface area contributed by atoms with E-state index in [-0.39, 0.29) is 5.76 Å². The topological polar surface area (TPSA) is 93.1 Å². The van der Waals surface area contributed by atoms with E-state index in [4.69, 9.17) is 9.47 Å². The van der Waals surface area contributed by atoms with E-state index < -0.39 is 23.5 Å². The lowest BCUT2D eigenvalue weighted by Crippen LogP contribution is -2.52. The number of carbonyl (C=O) groups excluding carboxylic acids is 2. The SMILES string of the molecule is CCCCCC1=CC(O)=CC(O)C1(C(=O)OC)C(=O)OC. The van der Waals surface area contributed by atoms with E-state index in [9.17, 15) is 19.8 Å². The average Bonchev–Trinajstić information content (AvgIpc) is 2.46. The van der Waals surface area contributed by atoms with Gasteiger partial charge in [0.2, 0.25) is 5.41 Å². The number of unbranched alkanes of at least 4 members (excludes halogenated alkanes) is 2. The summed E-state index contributed by atoms with van der Waals surface area (Å²) < 4.78 is 9.41. The maximum absolute atomic E-state index is 12.2. The van der Waals surface area contributed by atoms with Crippen LogP contribution in [-0.4, -0.2) is 42.5 Å². The van der Waals surface area contributed by atoms with Crippen molar-refractivity contribution in [1.82, 2.24) is 0 Å². The van der Waals surface area contributed by atoms with Crippen molar-refractivity contribution in [1.29, 1.82) is 0 Å². The van der Waals surface area contributed by atoms with E-state index in [1.54, 1.807) is 0 Å². The molecule has 0 spiro atoms. The molecule has 0 aliphatic heterocycles. The summed E-state index contributed by atoms with van der Waals surface area (Å²) in [5, 5.41) is 19.9. The minimum Gasteiger partial charge on any atom is -0.508 e. The minimum absolute atomic E-state index is 0.183. The number of aliphatic hydroxyl groups excluding tert-OH is 2. The Kier molecular flexibility index (Phi) is 5.96. The summed E-state index contributed by atoms with van der Waals surface area (Å²) in [5.74, 6) is -1.97. The molecule has 0 saturated carbocycles. The van der Waals surface area contributed by atoms with Gasteiger partial charge in [0.15, 0.2) is 0 Å². The summed E-state index contributed by atoms with van der Waals surface area (Å²) >= 11 is 0. The number of hydrogen-bond acceptors (Lipinski definition) is 6. The van der Waals surface area contributed by atoms with Gasteiger partial charge in [0.05, 0.1) is 14.2 Å². The number of carbonyl (C=O) groups is 2. The zero-order chi connectivity index (χ0) is 16.0. The van der Waals surface area contributed by atoms with Crippen molar-refractivity contribution in [3.63, 3.8) is 0 Å². The van der Waals surface area contributed by atoms with Crippen molar-refractivity contribution < 1.29 is 29.3 Å². The second-order valence-electron chi connectivity index (χ2n) is 4.95. The second-order valence-corrected chi connectivity index (χ2v) is 4.95. The lowest BCUT2D eigenvalue weighted by molar-refractivity contribution is -0.172. The summed E-state index contributed by atoms with van der Waals surface area (Å²) in [5.41, 5.74) is -1.63. The number of methoxy groups -OCH3 is 2. The highest BCUT2D eigenvalue weighted by atomic mass is 16.5. The van der Waals surface area contributed by atoms with Crippen LogP contribution < -0.4 is 0 Å². The minimum atomic E-state index is -1.94. The smallest absolute Gasteiger partial charge is 0.330 e. The normalized spacial score (nSPS) is 20.3. The van der Waals surface area contributed by atoms with Crippen molar-refractivity contribution in [2.75, 3.05) is 14.2 Å². The Labute approximate surface area is 124 Å². The number of aliphatic hydroxyl groups is 2. The van der Waals surface area contributed by atoms with Crippen LogP contribution >= 0.6 is 0 Å². The monoisotopic (exact) mass is 298 g/mol. The van der Waals surface area contributed by atoms with Gasteiger partial charge < -0.3 is 19.7 Å². The molecule has 0 aromatic carbocycles. The molecule has 0 saturated heterocycles. The molecule has 0 radical (unpaired) electrons. The van der Waals surface area contributed by atoms with Crippen molar-refractivity contribution in [2.45, 2.75) is 38.7 Å². The van der Waals surface area contributed by atoms with Crippen LogP contribution in [0.4, 0.5) is 0 Å². The third-order valence-corrected chi connectivity index (χ3v) is 3.67. The molecule has 1 aliphatic carbocycles. The van der Waals surface area contributed by atoms with Crippen molar-refractivity contribution in [3.8, 4) is 0 Å². The molecule has 1 aliphatic rings. The quantitative estimate of drug-likeness (QED) is 0.440. The van der Waals surface area contributed by atoms with Gasteiger partial charge in [-0.25, -0.2) is 0 Å². The Morgan fingerprint density at radius 2 is 1.81 bits per heavy atom. The molecule has 118 valence electrons. The fourth-order valence-corrected chi connectivity index (χ4v) is 2.56. The van der Waals surface area contributed by atoms with Crippen LogP contribution in [0.3, 0.4) is 0 Å². The molecule has 0 aromatic heterocycles.